The molecule has 0 spiro atoms. The van der Waals surface area contributed by atoms with Crippen molar-refractivity contribution in [2.24, 2.45) is 5.92 Å². The molecule has 1 unspecified atom stereocenters. The maximum atomic E-state index is 2.62. The Kier molecular flexibility index (Phi) is 4.07. The molecule has 2 heteroatoms. The van der Waals surface area contributed by atoms with Crippen molar-refractivity contribution in [1.82, 2.24) is 4.90 Å². The molecule has 1 aromatic carbocycles. The number of hydrogen-bond donors (Lipinski definition) is 0. The smallest absolute Gasteiger partial charge is 0.0369 e. The van der Waals surface area contributed by atoms with E-state index >= 15 is 0 Å². The zero-order valence-corrected chi connectivity index (χ0v) is 12.1. The molecule has 0 bridgehead atoms. The van der Waals surface area contributed by atoms with Gasteiger partial charge in [-0.1, -0.05) is 19.1 Å². The van der Waals surface area contributed by atoms with Crippen LogP contribution in [0.2, 0.25) is 0 Å². The average Bonchev–Trinajstić information content (AvgIpc) is 2.93. The Balaban J connectivity index is 1.65. The number of nitrogens with zero attached hydrogens (tertiary/aromatic N) is 2. The Morgan fingerprint density at radius 2 is 1.95 bits per heavy atom. The fourth-order valence-corrected chi connectivity index (χ4v) is 3.52. The Labute approximate surface area is 117 Å². The predicted molar refractivity (Wildman–Crippen MR) is 81.6 cm³/mol. The van der Waals surface area contributed by atoms with E-state index in [1.54, 1.807) is 0 Å². The van der Waals surface area contributed by atoms with Gasteiger partial charge in [-0.25, -0.2) is 0 Å². The van der Waals surface area contributed by atoms with Gasteiger partial charge in [0.05, 0.1) is 0 Å². The topological polar surface area (TPSA) is 6.48 Å². The van der Waals surface area contributed by atoms with E-state index in [0.717, 1.165) is 12.5 Å². The molecular formula is C17H26N2. The van der Waals surface area contributed by atoms with Crippen LogP contribution in [0.5, 0.6) is 0 Å². The average molecular weight is 258 g/mol. The number of hydrogen-bond acceptors (Lipinski definition) is 2. The second-order valence-electron chi connectivity index (χ2n) is 6.35. The molecule has 1 aromatic rings. The van der Waals surface area contributed by atoms with E-state index in [1.165, 1.54) is 63.1 Å². The van der Waals surface area contributed by atoms with Gasteiger partial charge in [0.15, 0.2) is 0 Å². The van der Waals surface area contributed by atoms with Crippen LogP contribution in [0.3, 0.4) is 0 Å². The first-order chi connectivity index (χ1) is 9.31. The molecule has 2 aliphatic rings. The molecule has 0 aromatic heterocycles. The van der Waals surface area contributed by atoms with Gasteiger partial charge >= 0.3 is 0 Å². The number of rotatable bonds is 3. The van der Waals surface area contributed by atoms with Gasteiger partial charge in [0.2, 0.25) is 0 Å². The third-order valence-corrected chi connectivity index (χ3v) is 4.53. The first-order valence-corrected chi connectivity index (χ1v) is 7.87. The predicted octanol–water partition coefficient (Wildman–Crippen LogP) is 3.52. The van der Waals surface area contributed by atoms with Gasteiger partial charge in [-0.2, -0.15) is 0 Å². The summed E-state index contributed by atoms with van der Waals surface area (Å²) < 4.78 is 0. The molecule has 1 atom stereocenters. The van der Waals surface area contributed by atoms with Crippen molar-refractivity contribution in [3.8, 4) is 0 Å². The highest BCUT2D eigenvalue weighted by atomic mass is 15.1. The lowest BCUT2D eigenvalue weighted by Crippen LogP contribution is -2.33. The fourth-order valence-electron chi connectivity index (χ4n) is 3.52. The van der Waals surface area contributed by atoms with E-state index in [0.29, 0.717) is 0 Å². The number of benzene rings is 1. The Morgan fingerprint density at radius 1 is 1.11 bits per heavy atom. The summed E-state index contributed by atoms with van der Waals surface area (Å²) in [6, 6.07) is 9.20. The maximum absolute atomic E-state index is 2.62. The van der Waals surface area contributed by atoms with Crippen LogP contribution in [0, 0.1) is 5.92 Å². The van der Waals surface area contributed by atoms with Crippen molar-refractivity contribution in [3.05, 3.63) is 29.8 Å². The molecular weight excluding hydrogens is 232 g/mol. The van der Waals surface area contributed by atoms with Crippen LogP contribution in [0.1, 0.15) is 38.2 Å². The summed E-state index contributed by atoms with van der Waals surface area (Å²) in [6.45, 7) is 8.54. The lowest BCUT2D eigenvalue weighted by atomic mass is 10.00. The Morgan fingerprint density at radius 3 is 2.74 bits per heavy atom. The number of likely N-dealkylation sites (tertiary alicyclic amines) is 1. The molecule has 0 amide bonds. The third-order valence-electron chi connectivity index (χ3n) is 4.53. The van der Waals surface area contributed by atoms with E-state index in [2.05, 4.69) is 41.0 Å². The van der Waals surface area contributed by atoms with Crippen LogP contribution in [0.15, 0.2) is 24.3 Å². The van der Waals surface area contributed by atoms with Gasteiger partial charge in [-0.3, -0.25) is 4.90 Å². The summed E-state index contributed by atoms with van der Waals surface area (Å²) in [7, 11) is 0. The normalized spacial score (nSPS) is 24.9. The SMILES string of the molecule is CC1CCCN(Cc2cccc(N3CCCC3)c2)C1. The van der Waals surface area contributed by atoms with Gasteiger partial charge < -0.3 is 4.90 Å². The van der Waals surface area contributed by atoms with Crippen LogP contribution >= 0.6 is 0 Å². The number of piperidine rings is 1. The van der Waals surface area contributed by atoms with Crippen LogP contribution in [0.25, 0.3) is 0 Å². The minimum atomic E-state index is 0.871. The minimum absolute atomic E-state index is 0.871. The highest BCUT2D eigenvalue weighted by molar-refractivity contribution is 5.49. The molecule has 2 aliphatic heterocycles. The zero-order chi connectivity index (χ0) is 13.1. The minimum Gasteiger partial charge on any atom is -0.372 e. The quantitative estimate of drug-likeness (QED) is 0.818. The summed E-state index contributed by atoms with van der Waals surface area (Å²) in [5.74, 6) is 0.871. The molecule has 3 rings (SSSR count). The van der Waals surface area contributed by atoms with Gasteiger partial charge in [0, 0.05) is 31.9 Å². The summed E-state index contributed by atoms with van der Waals surface area (Å²) in [5, 5.41) is 0. The van der Waals surface area contributed by atoms with Crippen LogP contribution < -0.4 is 4.90 Å². The molecule has 2 fully saturated rings. The van der Waals surface area contributed by atoms with E-state index < -0.39 is 0 Å². The van der Waals surface area contributed by atoms with Gasteiger partial charge in [-0.15, -0.1) is 0 Å². The van der Waals surface area contributed by atoms with E-state index in [1.807, 2.05) is 0 Å². The van der Waals surface area contributed by atoms with Crippen molar-refractivity contribution in [3.63, 3.8) is 0 Å². The summed E-state index contributed by atoms with van der Waals surface area (Å²) in [5.41, 5.74) is 2.92. The summed E-state index contributed by atoms with van der Waals surface area (Å²) in [4.78, 5) is 5.15. The molecule has 0 radical (unpaired) electrons. The molecule has 2 heterocycles. The second kappa shape index (κ2) is 5.96. The molecule has 19 heavy (non-hydrogen) atoms. The number of anilines is 1. The molecule has 2 nitrogen and oxygen atoms in total. The highest BCUT2D eigenvalue weighted by Crippen LogP contribution is 2.23. The monoisotopic (exact) mass is 258 g/mol. The highest BCUT2D eigenvalue weighted by Gasteiger charge is 2.17. The van der Waals surface area contributed by atoms with Gasteiger partial charge in [0.25, 0.3) is 0 Å². The van der Waals surface area contributed by atoms with Crippen LogP contribution in [-0.4, -0.2) is 31.1 Å². The summed E-state index contributed by atoms with van der Waals surface area (Å²) >= 11 is 0. The summed E-state index contributed by atoms with van der Waals surface area (Å²) in [6.07, 6.45) is 5.49. The first kappa shape index (κ1) is 13.0. The molecule has 104 valence electrons. The molecule has 0 saturated carbocycles. The Hall–Kier alpha value is -1.02. The molecule has 0 N–H and O–H groups in total. The maximum Gasteiger partial charge on any atom is 0.0369 e. The van der Waals surface area contributed by atoms with E-state index in [9.17, 15) is 0 Å². The lowest BCUT2D eigenvalue weighted by Gasteiger charge is -2.31. The van der Waals surface area contributed by atoms with Crippen molar-refractivity contribution >= 4 is 5.69 Å². The lowest BCUT2D eigenvalue weighted by molar-refractivity contribution is 0.176. The Bertz CT molecular complexity index is 409. The third kappa shape index (κ3) is 3.30. The van der Waals surface area contributed by atoms with Crippen LogP contribution in [0.4, 0.5) is 5.69 Å². The van der Waals surface area contributed by atoms with Crippen molar-refractivity contribution in [1.29, 1.82) is 0 Å². The zero-order valence-electron chi connectivity index (χ0n) is 12.1. The standard InChI is InChI=1S/C17H26N2/c1-15-6-5-9-18(13-15)14-16-7-4-8-17(12-16)19-10-2-3-11-19/h4,7-8,12,15H,2-3,5-6,9-11,13-14H2,1H3. The largest absolute Gasteiger partial charge is 0.372 e. The molecule has 0 aliphatic carbocycles. The first-order valence-electron chi connectivity index (χ1n) is 7.87. The van der Waals surface area contributed by atoms with E-state index in [-0.39, 0.29) is 0 Å². The second-order valence-corrected chi connectivity index (χ2v) is 6.35. The van der Waals surface area contributed by atoms with Crippen LogP contribution in [-0.2, 0) is 6.54 Å². The fraction of sp³-hybridized carbons (Fsp3) is 0.647. The molecule has 2 saturated heterocycles. The van der Waals surface area contributed by atoms with Crippen molar-refractivity contribution < 1.29 is 0 Å². The van der Waals surface area contributed by atoms with Gasteiger partial charge in [0.1, 0.15) is 0 Å². The van der Waals surface area contributed by atoms with E-state index in [4.69, 9.17) is 0 Å². The van der Waals surface area contributed by atoms with Crippen molar-refractivity contribution in [2.75, 3.05) is 31.1 Å². The van der Waals surface area contributed by atoms with Crippen molar-refractivity contribution in [2.45, 2.75) is 39.2 Å². The van der Waals surface area contributed by atoms with Gasteiger partial charge in [-0.05, 0) is 55.8 Å².